The number of halogens is 1. The van der Waals surface area contributed by atoms with Crippen LogP contribution in [0.15, 0.2) is 12.1 Å². The molecular weight excluding hydrogens is 316 g/mol. The lowest BCUT2D eigenvalue weighted by Gasteiger charge is -2.31. The predicted octanol–water partition coefficient (Wildman–Crippen LogP) is 1.91. The molecule has 128 valence electrons. The van der Waals surface area contributed by atoms with Gasteiger partial charge >= 0.3 is 0 Å². The standard InChI is InChI=1S/C17H25ClN2O3/c18-15-9-14(10-16-17(15)23-8-7-22-16)12-19-11-13-1-3-20(4-2-13)5-6-21/h9-10,13,19,21H,1-8,11-12H2. The van der Waals surface area contributed by atoms with Gasteiger partial charge in [-0.15, -0.1) is 0 Å². The molecule has 2 aliphatic heterocycles. The van der Waals surface area contributed by atoms with Crippen LogP contribution in [0.1, 0.15) is 18.4 Å². The quantitative estimate of drug-likeness (QED) is 0.828. The lowest BCUT2D eigenvalue weighted by Crippen LogP contribution is -2.38. The number of likely N-dealkylation sites (tertiary alicyclic amines) is 1. The minimum absolute atomic E-state index is 0.258. The second-order valence-electron chi connectivity index (χ2n) is 6.24. The number of aliphatic hydroxyl groups excluding tert-OH is 1. The van der Waals surface area contributed by atoms with Crippen molar-refractivity contribution in [1.82, 2.24) is 10.2 Å². The molecule has 0 aliphatic carbocycles. The molecule has 0 aromatic heterocycles. The van der Waals surface area contributed by atoms with Crippen LogP contribution in [0.2, 0.25) is 5.02 Å². The number of ether oxygens (including phenoxy) is 2. The minimum Gasteiger partial charge on any atom is -0.486 e. The van der Waals surface area contributed by atoms with Crippen LogP contribution in [-0.4, -0.2) is 56.0 Å². The second kappa shape index (κ2) is 8.20. The van der Waals surface area contributed by atoms with Gasteiger partial charge in [0.05, 0.1) is 11.6 Å². The maximum absolute atomic E-state index is 8.97. The molecule has 2 heterocycles. The average Bonchev–Trinajstić information content (AvgIpc) is 2.57. The molecule has 1 aromatic carbocycles. The van der Waals surface area contributed by atoms with Crippen molar-refractivity contribution >= 4 is 11.6 Å². The second-order valence-corrected chi connectivity index (χ2v) is 6.65. The normalized spacial score (nSPS) is 19.0. The van der Waals surface area contributed by atoms with Gasteiger partial charge in [-0.25, -0.2) is 0 Å². The van der Waals surface area contributed by atoms with Gasteiger partial charge < -0.3 is 24.8 Å². The van der Waals surface area contributed by atoms with Gasteiger partial charge in [-0.05, 0) is 56.1 Å². The molecule has 3 rings (SSSR count). The summed E-state index contributed by atoms with van der Waals surface area (Å²) >= 11 is 6.26. The summed E-state index contributed by atoms with van der Waals surface area (Å²) in [5.41, 5.74) is 1.12. The summed E-state index contributed by atoms with van der Waals surface area (Å²) in [4.78, 5) is 2.33. The number of fused-ring (bicyclic) bond motifs is 1. The van der Waals surface area contributed by atoms with E-state index in [1.807, 2.05) is 12.1 Å². The van der Waals surface area contributed by atoms with Crippen LogP contribution in [-0.2, 0) is 6.54 Å². The third-order valence-corrected chi connectivity index (χ3v) is 4.82. The molecule has 0 saturated carbocycles. The summed E-state index contributed by atoms with van der Waals surface area (Å²) < 4.78 is 11.2. The Bertz CT molecular complexity index is 519. The highest BCUT2D eigenvalue weighted by molar-refractivity contribution is 6.32. The monoisotopic (exact) mass is 340 g/mol. The zero-order valence-corrected chi connectivity index (χ0v) is 14.1. The van der Waals surface area contributed by atoms with Crippen LogP contribution in [0.5, 0.6) is 11.5 Å². The van der Waals surface area contributed by atoms with Crippen LogP contribution in [0.3, 0.4) is 0 Å². The number of nitrogens with zero attached hydrogens (tertiary/aromatic N) is 1. The van der Waals surface area contributed by atoms with Crippen molar-refractivity contribution in [3.05, 3.63) is 22.7 Å². The predicted molar refractivity (Wildman–Crippen MR) is 90.4 cm³/mol. The van der Waals surface area contributed by atoms with Crippen LogP contribution >= 0.6 is 11.6 Å². The van der Waals surface area contributed by atoms with Crippen molar-refractivity contribution in [2.45, 2.75) is 19.4 Å². The molecule has 0 bridgehead atoms. The molecule has 0 atom stereocenters. The molecule has 1 saturated heterocycles. The molecule has 0 radical (unpaired) electrons. The average molecular weight is 341 g/mol. The summed E-state index contributed by atoms with van der Waals surface area (Å²) in [6.45, 7) is 6.16. The smallest absolute Gasteiger partial charge is 0.179 e. The Kier molecular flexibility index (Phi) is 6.00. The summed E-state index contributed by atoms with van der Waals surface area (Å²) in [5.74, 6) is 2.12. The molecule has 1 aromatic rings. The van der Waals surface area contributed by atoms with Crippen molar-refractivity contribution < 1.29 is 14.6 Å². The van der Waals surface area contributed by atoms with Crippen molar-refractivity contribution in [3.8, 4) is 11.5 Å². The van der Waals surface area contributed by atoms with Crippen LogP contribution in [0.4, 0.5) is 0 Å². The molecule has 0 spiro atoms. The van der Waals surface area contributed by atoms with Gasteiger partial charge in [-0.3, -0.25) is 0 Å². The van der Waals surface area contributed by atoms with E-state index in [9.17, 15) is 0 Å². The molecule has 2 aliphatic rings. The van der Waals surface area contributed by atoms with Gasteiger partial charge in [0.1, 0.15) is 13.2 Å². The summed E-state index contributed by atoms with van der Waals surface area (Å²) in [5, 5.41) is 13.1. The topological polar surface area (TPSA) is 54.0 Å². The molecule has 5 nitrogen and oxygen atoms in total. The van der Waals surface area contributed by atoms with E-state index in [4.69, 9.17) is 26.2 Å². The number of piperidine rings is 1. The SMILES string of the molecule is OCCN1CCC(CNCc2cc(Cl)c3c(c2)OCCO3)CC1. The Morgan fingerprint density at radius 1 is 1.22 bits per heavy atom. The lowest BCUT2D eigenvalue weighted by molar-refractivity contribution is 0.146. The first-order valence-corrected chi connectivity index (χ1v) is 8.76. The first-order chi connectivity index (χ1) is 11.3. The Morgan fingerprint density at radius 3 is 2.78 bits per heavy atom. The van der Waals surface area contributed by atoms with Crippen LogP contribution in [0, 0.1) is 5.92 Å². The van der Waals surface area contributed by atoms with Crippen molar-refractivity contribution in [2.24, 2.45) is 5.92 Å². The molecule has 23 heavy (non-hydrogen) atoms. The van der Waals surface area contributed by atoms with E-state index in [-0.39, 0.29) is 6.61 Å². The third kappa shape index (κ3) is 4.51. The number of hydrogen-bond donors (Lipinski definition) is 2. The van der Waals surface area contributed by atoms with Gasteiger partial charge in [0, 0.05) is 13.1 Å². The fourth-order valence-corrected chi connectivity index (χ4v) is 3.53. The van der Waals surface area contributed by atoms with Gasteiger partial charge in [-0.2, -0.15) is 0 Å². The number of benzene rings is 1. The van der Waals surface area contributed by atoms with Gasteiger partial charge in [0.15, 0.2) is 11.5 Å². The summed E-state index contributed by atoms with van der Waals surface area (Å²) in [6.07, 6.45) is 2.38. The summed E-state index contributed by atoms with van der Waals surface area (Å²) in [7, 11) is 0. The van der Waals surface area contributed by atoms with E-state index >= 15 is 0 Å². The Labute approximate surface area is 142 Å². The Hall–Kier alpha value is -1.01. The van der Waals surface area contributed by atoms with E-state index in [2.05, 4.69) is 10.2 Å². The lowest BCUT2D eigenvalue weighted by atomic mass is 9.97. The fourth-order valence-electron chi connectivity index (χ4n) is 3.24. The first kappa shape index (κ1) is 16.8. The number of nitrogens with one attached hydrogen (secondary N) is 1. The highest BCUT2D eigenvalue weighted by atomic mass is 35.5. The maximum Gasteiger partial charge on any atom is 0.179 e. The van der Waals surface area contributed by atoms with Crippen LogP contribution < -0.4 is 14.8 Å². The van der Waals surface area contributed by atoms with E-state index in [1.165, 1.54) is 12.8 Å². The van der Waals surface area contributed by atoms with E-state index in [0.717, 1.165) is 44.0 Å². The molecular formula is C17H25ClN2O3. The molecule has 0 amide bonds. The van der Waals surface area contributed by atoms with Crippen molar-refractivity contribution in [2.75, 3.05) is 46.0 Å². The van der Waals surface area contributed by atoms with Gasteiger partial charge in [-0.1, -0.05) is 11.6 Å². The zero-order valence-electron chi connectivity index (χ0n) is 13.4. The highest BCUT2D eigenvalue weighted by Gasteiger charge is 2.19. The third-order valence-electron chi connectivity index (χ3n) is 4.54. The Morgan fingerprint density at radius 2 is 2.00 bits per heavy atom. The highest BCUT2D eigenvalue weighted by Crippen LogP contribution is 2.38. The first-order valence-electron chi connectivity index (χ1n) is 8.38. The van der Waals surface area contributed by atoms with Crippen molar-refractivity contribution in [1.29, 1.82) is 0 Å². The molecule has 6 heteroatoms. The van der Waals surface area contributed by atoms with Gasteiger partial charge in [0.25, 0.3) is 0 Å². The maximum atomic E-state index is 8.97. The number of β-amino-alcohol motifs (C(OH)–C–C–N with tert-alkyl or cyclic N) is 1. The fraction of sp³-hybridized carbons (Fsp3) is 0.647. The number of aliphatic hydroxyl groups is 1. The van der Waals surface area contributed by atoms with Crippen molar-refractivity contribution in [3.63, 3.8) is 0 Å². The zero-order chi connectivity index (χ0) is 16.1. The van der Waals surface area contributed by atoms with E-state index in [1.54, 1.807) is 0 Å². The van der Waals surface area contributed by atoms with Gasteiger partial charge in [0.2, 0.25) is 0 Å². The Balaban J connectivity index is 1.45. The molecule has 0 unspecified atom stereocenters. The van der Waals surface area contributed by atoms with E-state index < -0.39 is 0 Å². The minimum atomic E-state index is 0.258. The van der Waals surface area contributed by atoms with Crippen LogP contribution in [0.25, 0.3) is 0 Å². The largest absolute Gasteiger partial charge is 0.486 e. The number of hydrogen-bond acceptors (Lipinski definition) is 5. The number of rotatable bonds is 6. The molecule has 2 N–H and O–H groups in total. The summed E-state index contributed by atoms with van der Waals surface area (Å²) in [6, 6.07) is 3.96. The van der Waals surface area contributed by atoms with E-state index in [0.29, 0.717) is 29.9 Å². The molecule has 1 fully saturated rings.